The van der Waals surface area contributed by atoms with Crippen molar-refractivity contribution >= 4 is 12.6 Å². The van der Waals surface area contributed by atoms with Gasteiger partial charge >= 0.3 is 7.12 Å². The fraction of sp³-hybridized carbons (Fsp3) is 0.375. The van der Waals surface area contributed by atoms with E-state index in [0.717, 1.165) is 0 Å². The van der Waals surface area contributed by atoms with Crippen molar-refractivity contribution in [3.63, 3.8) is 0 Å². The van der Waals surface area contributed by atoms with E-state index in [4.69, 9.17) is 19.5 Å². The molecular formula is C8H12BNO4. The zero-order valence-corrected chi connectivity index (χ0v) is 7.88. The van der Waals surface area contributed by atoms with Crippen LogP contribution in [0.5, 0.6) is 5.75 Å². The molecule has 76 valence electrons. The van der Waals surface area contributed by atoms with Gasteiger partial charge in [-0.05, 0) is 6.07 Å². The van der Waals surface area contributed by atoms with E-state index in [-0.39, 0.29) is 0 Å². The fourth-order valence-corrected chi connectivity index (χ4v) is 0.899. The molecule has 0 fully saturated rings. The van der Waals surface area contributed by atoms with E-state index in [9.17, 15) is 0 Å². The van der Waals surface area contributed by atoms with E-state index < -0.39 is 7.12 Å². The molecule has 14 heavy (non-hydrogen) atoms. The normalized spacial score (nSPS) is 9.93. The molecule has 0 spiro atoms. The summed E-state index contributed by atoms with van der Waals surface area (Å²) in [6.07, 6.45) is 2.87. The molecule has 0 unspecified atom stereocenters. The first kappa shape index (κ1) is 11.0. The number of hydrogen-bond acceptors (Lipinski definition) is 5. The molecule has 1 heterocycles. The molecule has 0 aliphatic rings. The van der Waals surface area contributed by atoms with Crippen LogP contribution in [-0.4, -0.2) is 42.5 Å². The van der Waals surface area contributed by atoms with Crippen molar-refractivity contribution in [3.05, 3.63) is 18.5 Å². The maximum Gasteiger partial charge on any atom is 0.490 e. The molecule has 0 bridgehead atoms. The van der Waals surface area contributed by atoms with Crippen LogP contribution < -0.4 is 10.2 Å². The lowest BCUT2D eigenvalue weighted by Gasteiger charge is -2.06. The van der Waals surface area contributed by atoms with Crippen LogP contribution in [0.15, 0.2) is 18.5 Å². The second-order valence-corrected chi connectivity index (χ2v) is 2.67. The smallest absolute Gasteiger partial charge is 0.490 e. The summed E-state index contributed by atoms with van der Waals surface area (Å²) in [5.41, 5.74) is 0.305. The zero-order valence-electron chi connectivity index (χ0n) is 7.88. The molecule has 2 N–H and O–H groups in total. The summed E-state index contributed by atoms with van der Waals surface area (Å²) in [6.45, 7) is 0.884. The highest BCUT2D eigenvalue weighted by molar-refractivity contribution is 6.58. The lowest BCUT2D eigenvalue weighted by atomic mass is 9.82. The van der Waals surface area contributed by atoms with Gasteiger partial charge in [0.2, 0.25) is 0 Å². The molecule has 0 radical (unpaired) electrons. The monoisotopic (exact) mass is 197 g/mol. The van der Waals surface area contributed by atoms with Crippen LogP contribution >= 0.6 is 0 Å². The largest absolute Gasteiger partial charge is 0.490 e. The average molecular weight is 197 g/mol. The quantitative estimate of drug-likeness (QED) is 0.457. The Morgan fingerprint density at radius 2 is 2.14 bits per heavy atom. The number of ether oxygens (including phenoxy) is 2. The Kier molecular flexibility index (Phi) is 4.38. The van der Waals surface area contributed by atoms with Crippen molar-refractivity contribution in [2.75, 3.05) is 20.3 Å². The number of pyridine rings is 1. The van der Waals surface area contributed by atoms with E-state index >= 15 is 0 Å². The van der Waals surface area contributed by atoms with Crippen molar-refractivity contribution in [2.45, 2.75) is 0 Å². The van der Waals surface area contributed by atoms with E-state index in [2.05, 4.69) is 4.98 Å². The van der Waals surface area contributed by atoms with Crippen molar-refractivity contribution in [1.82, 2.24) is 4.98 Å². The summed E-state index contributed by atoms with van der Waals surface area (Å²) in [5, 5.41) is 17.7. The molecule has 0 aromatic carbocycles. The SMILES string of the molecule is COCCOc1cncc(B(O)O)c1. The third kappa shape index (κ3) is 3.33. The number of aromatic nitrogens is 1. The summed E-state index contributed by atoms with van der Waals surface area (Å²) >= 11 is 0. The van der Waals surface area contributed by atoms with Crippen molar-refractivity contribution in [2.24, 2.45) is 0 Å². The van der Waals surface area contributed by atoms with E-state index in [1.165, 1.54) is 18.5 Å². The van der Waals surface area contributed by atoms with Gasteiger partial charge in [-0.15, -0.1) is 0 Å². The van der Waals surface area contributed by atoms with E-state index in [1.807, 2.05) is 0 Å². The molecule has 0 aliphatic heterocycles. The second kappa shape index (κ2) is 5.59. The number of nitrogens with zero attached hydrogens (tertiary/aromatic N) is 1. The molecule has 0 amide bonds. The van der Waals surface area contributed by atoms with Crippen molar-refractivity contribution in [1.29, 1.82) is 0 Å². The molecule has 0 saturated heterocycles. The Morgan fingerprint density at radius 3 is 2.79 bits per heavy atom. The predicted molar refractivity (Wildman–Crippen MR) is 51.4 cm³/mol. The van der Waals surface area contributed by atoms with Crippen LogP contribution in [-0.2, 0) is 4.74 Å². The lowest BCUT2D eigenvalue weighted by molar-refractivity contribution is 0.146. The molecule has 1 aromatic heterocycles. The number of hydrogen-bond donors (Lipinski definition) is 2. The van der Waals surface area contributed by atoms with Crippen LogP contribution in [0.1, 0.15) is 0 Å². The number of rotatable bonds is 5. The van der Waals surface area contributed by atoms with Crippen molar-refractivity contribution in [3.8, 4) is 5.75 Å². The topological polar surface area (TPSA) is 71.8 Å². The van der Waals surface area contributed by atoms with Crippen molar-refractivity contribution < 1.29 is 19.5 Å². The van der Waals surface area contributed by atoms with Gasteiger partial charge in [0.1, 0.15) is 12.4 Å². The van der Waals surface area contributed by atoms with E-state index in [1.54, 1.807) is 7.11 Å². The van der Waals surface area contributed by atoms with Crippen LogP contribution in [0.25, 0.3) is 0 Å². The predicted octanol–water partition coefficient (Wildman–Crippen LogP) is -1.21. The van der Waals surface area contributed by atoms with Gasteiger partial charge in [-0.2, -0.15) is 0 Å². The first-order valence-electron chi connectivity index (χ1n) is 4.17. The highest BCUT2D eigenvalue weighted by Gasteiger charge is 2.11. The molecule has 1 aromatic rings. The highest BCUT2D eigenvalue weighted by atomic mass is 16.5. The molecule has 0 saturated carbocycles. The maximum atomic E-state index is 8.86. The van der Waals surface area contributed by atoms with Gasteiger partial charge in [-0.3, -0.25) is 4.98 Å². The highest BCUT2D eigenvalue weighted by Crippen LogP contribution is 2.04. The van der Waals surface area contributed by atoms with Gasteiger partial charge < -0.3 is 19.5 Å². The van der Waals surface area contributed by atoms with Crippen LogP contribution in [0.2, 0.25) is 0 Å². The second-order valence-electron chi connectivity index (χ2n) is 2.67. The molecule has 1 rings (SSSR count). The van der Waals surface area contributed by atoms with Crippen LogP contribution in [0, 0.1) is 0 Å². The summed E-state index contributed by atoms with van der Waals surface area (Å²) in [5.74, 6) is 0.493. The third-order valence-corrected chi connectivity index (χ3v) is 1.59. The summed E-state index contributed by atoms with van der Waals surface area (Å²) < 4.78 is 10.0. The van der Waals surface area contributed by atoms with Crippen LogP contribution in [0.4, 0.5) is 0 Å². The summed E-state index contributed by atoms with van der Waals surface area (Å²) in [6, 6.07) is 1.52. The molecule has 0 aliphatic carbocycles. The Labute approximate surface area is 82.5 Å². The Balaban J connectivity index is 2.55. The maximum absolute atomic E-state index is 8.86. The first-order chi connectivity index (χ1) is 6.74. The Morgan fingerprint density at radius 1 is 1.36 bits per heavy atom. The molecule has 0 atom stereocenters. The van der Waals surface area contributed by atoms with E-state index in [0.29, 0.717) is 24.4 Å². The third-order valence-electron chi connectivity index (χ3n) is 1.59. The average Bonchev–Trinajstić information content (AvgIpc) is 2.19. The number of methoxy groups -OCH3 is 1. The Hall–Kier alpha value is -1.11. The molecular weight excluding hydrogens is 185 g/mol. The van der Waals surface area contributed by atoms with Gasteiger partial charge in [0, 0.05) is 18.8 Å². The minimum atomic E-state index is -1.52. The minimum Gasteiger partial charge on any atom is -0.490 e. The standard InChI is InChI=1S/C8H12BNO4/c1-13-2-3-14-8-4-7(9(11)12)5-10-6-8/h4-6,11-12H,2-3H2,1H3. The summed E-state index contributed by atoms with van der Waals surface area (Å²) in [4.78, 5) is 3.80. The van der Waals surface area contributed by atoms with Gasteiger partial charge in [-0.25, -0.2) is 0 Å². The van der Waals surface area contributed by atoms with Gasteiger partial charge in [0.25, 0.3) is 0 Å². The minimum absolute atomic E-state index is 0.305. The van der Waals surface area contributed by atoms with Gasteiger partial charge in [0.05, 0.1) is 12.8 Å². The molecule has 6 heteroatoms. The first-order valence-corrected chi connectivity index (χ1v) is 4.17. The zero-order chi connectivity index (χ0) is 10.4. The van der Waals surface area contributed by atoms with Gasteiger partial charge in [0.15, 0.2) is 0 Å². The lowest BCUT2D eigenvalue weighted by Crippen LogP contribution is -2.30. The summed E-state index contributed by atoms with van der Waals surface area (Å²) in [7, 11) is 0.0589. The Bertz CT molecular complexity index is 282. The fourth-order valence-electron chi connectivity index (χ4n) is 0.899. The molecule has 5 nitrogen and oxygen atoms in total. The van der Waals surface area contributed by atoms with Crippen LogP contribution in [0.3, 0.4) is 0 Å². The van der Waals surface area contributed by atoms with Gasteiger partial charge in [-0.1, -0.05) is 0 Å².